The van der Waals surface area contributed by atoms with Gasteiger partial charge in [0.25, 0.3) is 16.8 Å². The van der Waals surface area contributed by atoms with Crippen LogP contribution in [0, 0.1) is 13.7 Å². The molecule has 11 heteroatoms. The van der Waals surface area contributed by atoms with Crippen LogP contribution in [-0.4, -0.2) is 51.4 Å². The highest BCUT2D eigenvalue weighted by molar-refractivity contribution is 14.1. The monoisotopic (exact) mass is 621 g/mol. The summed E-state index contributed by atoms with van der Waals surface area (Å²) in [5, 5.41) is 10.3. The lowest BCUT2D eigenvalue weighted by Gasteiger charge is -2.22. The molecule has 0 spiro atoms. The number of hydrogen-bond donors (Lipinski definition) is 0. The summed E-state index contributed by atoms with van der Waals surface area (Å²) in [6, 6.07) is 11.5. The molecule has 9 nitrogen and oxygen atoms in total. The maximum Gasteiger partial charge on any atom is 0.294 e. The Bertz CT molecular complexity index is 1210. The van der Waals surface area contributed by atoms with E-state index in [0.717, 1.165) is 57.0 Å². The highest BCUT2D eigenvalue weighted by Crippen LogP contribution is 2.33. The molecule has 4 rings (SSSR count). The molecule has 0 N–H and O–H groups in total. The third-order valence-electron chi connectivity index (χ3n) is 5.92. The third kappa shape index (κ3) is 6.44. The van der Waals surface area contributed by atoms with Crippen LogP contribution in [0.25, 0.3) is 6.08 Å². The van der Waals surface area contributed by atoms with E-state index in [0.29, 0.717) is 18.8 Å². The maximum atomic E-state index is 12.9. The summed E-state index contributed by atoms with van der Waals surface area (Å²) < 4.78 is 6.64. The molecule has 0 bridgehead atoms. The Morgan fingerprint density at radius 2 is 1.78 bits per heavy atom. The molecule has 2 fully saturated rings. The predicted molar refractivity (Wildman–Crippen MR) is 144 cm³/mol. The molecule has 2 aromatic carbocycles. The van der Waals surface area contributed by atoms with E-state index in [-0.39, 0.29) is 29.7 Å². The summed E-state index contributed by atoms with van der Waals surface area (Å²) in [5.74, 6) is -0.0200. The predicted octanol–water partition coefficient (Wildman–Crippen LogP) is 5.22. The van der Waals surface area contributed by atoms with Crippen molar-refractivity contribution in [3.63, 3.8) is 0 Å². The van der Waals surface area contributed by atoms with Gasteiger partial charge in [-0.15, -0.1) is 0 Å². The third-order valence-corrected chi connectivity index (χ3v) is 7.67. The smallest absolute Gasteiger partial charge is 0.294 e. The number of nitro benzene ring substituents is 1. The average molecular weight is 621 g/mol. The van der Waals surface area contributed by atoms with E-state index in [2.05, 4.69) is 22.6 Å². The number of carbonyl (C=O) groups excluding carboxylic acids is 3. The Kier molecular flexibility index (Phi) is 8.62. The summed E-state index contributed by atoms with van der Waals surface area (Å²) in [5.41, 5.74) is 1.55. The minimum Gasteiger partial charge on any atom is -0.488 e. The highest BCUT2D eigenvalue weighted by Gasteiger charge is 2.37. The van der Waals surface area contributed by atoms with Crippen LogP contribution < -0.4 is 4.74 Å². The molecule has 0 aliphatic carbocycles. The van der Waals surface area contributed by atoms with Gasteiger partial charge >= 0.3 is 0 Å². The zero-order valence-electron chi connectivity index (χ0n) is 19.4. The summed E-state index contributed by atoms with van der Waals surface area (Å²) >= 11 is 2.96. The fraction of sp³-hybridized carbons (Fsp3) is 0.320. The summed E-state index contributed by atoms with van der Waals surface area (Å²) in [6.45, 7) is 1.36. The number of imide groups is 1. The zero-order valence-corrected chi connectivity index (χ0v) is 22.3. The van der Waals surface area contributed by atoms with E-state index in [1.807, 2.05) is 6.07 Å². The molecule has 0 aromatic heterocycles. The van der Waals surface area contributed by atoms with E-state index in [9.17, 15) is 24.5 Å². The molecule has 0 atom stereocenters. The Morgan fingerprint density at radius 1 is 1.08 bits per heavy atom. The van der Waals surface area contributed by atoms with E-state index in [1.54, 1.807) is 35.2 Å². The van der Waals surface area contributed by atoms with E-state index < -0.39 is 16.1 Å². The fourth-order valence-corrected chi connectivity index (χ4v) is 5.48. The van der Waals surface area contributed by atoms with Gasteiger partial charge in [-0.2, -0.15) is 0 Å². The molecule has 2 aliphatic rings. The van der Waals surface area contributed by atoms with Crippen molar-refractivity contribution < 1.29 is 24.0 Å². The average Bonchev–Trinajstić information content (AvgIpc) is 3.04. The number of likely N-dealkylation sites (tertiary alicyclic amines) is 1. The standard InChI is InChI=1S/C25H24IN3O6S/c26-20-13-18(7-10-21(20)35-16-17-5-8-19(9-6-17)29(33)34)14-22-24(31)28(25(32)36-22)15-23(30)27-11-3-1-2-4-12-27/h5-10,13-14H,1-4,11-12,15-16H2. The Balaban J connectivity index is 1.38. The molecule has 188 valence electrons. The van der Waals surface area contributed by atoms with Crippen LogP contribution >= 0.6 is 34.4 Å². The van der Waals surface area contributed by atoms with Crippen LogP contribution in [0.2, 0.25) is 0 Å². The van der Waals surface area contributed by atoms with Crippen LogP contribution in [0.3, 0.4) is 0 Å². The van der Waals surface area contributed by atoms with Gasteiger partial charge in [0.1, 0.15) is 18.9 Å². The van der Waals surface area contributed by atoms with Crippen molar-refractivity contribution in [2.45, 2.75) is 32.3 Å². The first kappa shape index (κ1) is 26.1. The van der Waals surface area contributed by atoms with Gasteiger partial charge in [0.05, 0.1) is 13.4 Å². The van der Waals surface area contributed by atoms with Gasteiger partial charge in [-0.3, -0.25) is 29.4 Å². The SMILES string of the molecule is O=C(CN1C(=O)SC(=Cc2ccc(OCc3ccc([N+](=O)[O-])cc3)c(I)c2)C1=O)N1CCCCCC1. The lowest BCUT2D eigenvalue weighted by molar-refractivity contribution is -0.384. The van der Waals surface area contributed by atoms with Crippen molar-refractivity contribution in [3.05, 3.63) is 72.2 Å². The first-order valence-electron chi connectivity index (χ1n) is 11.5. The van der Waals surface area contributed by atoms with Gasteiger partial charge in [-0.1, -0.05) is 18.9 Å². The number of ether oxygens (including phenoxy) is 1. The molecule has 2 heterocycles. The van der Waals surface area contributed by atoms with Crippen molar-refractivity contribution in [2.75, 3.05) is 19.6 Å². The number of non-ortho nitro benzene ring substituents is 1. The van der Waals surface area contributed by atoms with Gasteiger partial charge in [-0.25, -0.2) is 0 Å². The van der Waals surface area contributed by atoms with E-state index in [4.69, 9.17) is 4.74 Å². The van der Waals surface area contributed by atoms with Crippen LogP contribution in [0.1, 0.15) is 36.8 Å². The number of amides is 3. The maximum absolute atomic E-state index is 12.9. The Labute approximate surface area is 226 Å². The molecule has 3 amide bonds. The van der Waals surface area contributed by atoms with Crippen LogP contribution in [0.15, 0.2) is 47.4 Å². The van der Waals surface area contributed by atoms with Gasteiger partial charge in [0.15, 0.2) is 0 Å². The second kappa shape index (κ2) is 11.9. The molecule has 36 heavy (non-hydrogen) atoms. The van der Waals surface area contributed by atoms with Gasteiger partial charge in [0.2, 0.25) is 5.91 Å². The number of halogens is 1. The van der Waals surface area contributed by atoms with Crippen molar-refractivity contribution in [1.29, 1.82) is 0 Å². The number of hydrogen-bond acceptors (Lipinski definition) is 7. The lowest BCUT2D eigenvalue weighted by Crippen LogP contribution is -2.42. The Hall–Kier alpha value is -2.93. The minimum absolute atomic E-state index is 0.0217. The van der Waals surface area contributed by atoms with Crippen molar-refractivity contribution in [3.8, 4) is 5.75 Å². The molecule has 0 unspecified atom stereocenters. The molecule has 2 aliphatic heterocycles. The quantitative estimate of drug-likeness (QED) is 0.181. The summed E-state index contributed by atoms with van der Waals surface area (Å²) in [6.07, 6.45) is 5.71. The number of nitro groups is 1. The van der Waals surface area contributed by atoms with Gasteiger partial charge in [0, 0.05) is 25.2 Å². The molecule has 0 radical (unpaired) electrons. The highest BCUT2D eigenvalue weighted by atomic mass is 127. The van der Waals surface area contributed by atoms with Crippen LogP contribution in [0.4, 0.5) is 10.5 Å². The van der Waals surface area contributed by atoms with Crippen LogP contribution in [-0.2, 0) is 16.2 Å². The molecule has 2 saturated heterocycles. The number of rotatable bonds is 7. The molecule has 0 saturated carbocycles. The van der Waals surface area contributed by atoms with Crippen LogP contribution in [0.5, 0.6) is 5.75 Å². The number of thioether (sulfide) groups is 1. The van der Waals surface area contributed by atoms with Gasteiger partial charge < -0.3 is 9.64 Å². The second-order valence-corrected chi connectivity index (χ2v) is 10.6. The summed E-state index contributed by atoms with van der Waals surface area (Å²) in [4.78, 5) is 51.4. The first-order chi connectivity index (χ1) is 17.3. The number of nitrogens with zero attached hydrogens (tertiary/aromatic N) is 3. The number of benzene rings is 2. The van der Waals surface area contributed by atoms with Crippen molar-refractivity contribution in [2.24, 2.45) is 0 Å². The molecular weight excluding hydrogens is 597 g/mol. The fourth-order valence-electron chi connectivity index (χ4n) is 3.94. The van der Waals surface area contributed by atoms with Gasteiger partial charge in [-0.05, 0) is 88.7 Å². The molecular formula is C25H24IN3O6S. The normalized spacial score (nSPS) is 17.4. The first-order valence-corrected chi connectivity index (χ1v) is 13.4. The molecule has 2 aromatic rings. The number of carbonyl (C=O) groups is 3. The minimum atomic E-state index is -0.457. The topological polar surface area (TPSA) is 110 Å². The van der Waals surface area contributed by atoms with E-state index in [1.165, 1.54) is 12.1 Å². The zero-order chi connectivity index (χ0) is 25.7. The lowest BCUT2D eigenvalue weighted by atomic mass is 10.2. The van der Waals surface area contributed by atoms with Crippen molar-refractivity contribution >= 4 is 63.2 Å². The van der Waals surface area contributed by atoms with Crippen molar-refractivity contribution in [1.82, 2.24) is 9.80 Å². The summed E-state index contributed by atoms with van der Waals surface area (Å²) in [7, 11) is 0. The van der Waals surface area contributed by atoms with E-state index >= 15 is 0 Å². The Morgan fingerprint density at radius 3 is 2.42 bits per heavy atom. The largest absolute Gasteiger partial charge is 0.488 e. The second-order valence-electron chi connectivity index (χ2n) is 8.46.